The SMILES string of the molecule is COCCOC(=O)C1=C(C)N[C@H](C)[C@@H](C(=O)OCCOC)[C@@H]1c1ccccc1[N+](=O)[O-]. The lowest BCUT2D eigenvalue weighted by molar-refractivity contribution is -0.385. The summed E-state index contributed by atoms with van der Waals surface area (Å²) in [6, 6.07) is 5.61. The molecule has 170 valence electrons. The molecule has 10 heteroatoms. The summed E-state index contributed by atoms with van der Waals surface area (Å²) < 4.78 is 20.5. The summed E-state index contributed by atoms with van der Waals surface area (Å²) in [7, 11) is 2.96. The number of allylic oxidation sites excluding steroid dienone is 1. The number of methoxy groups -OCH3 is 2. The fourth-order valence-corrected chi connectivity index (χ4v) is 3.71. The van der Waals surface area contributed by atoms with Gasteiger partial charge in [0.15, 0.2) is 0 Å². The number of nitrogens with zero attached hydrogens (tertiary/aromatic N) is 1. The lowest BCUT2D eigenvalue weighted by Crippen LogP contribution is -2.48. The van der Waals surface area contributed by atoms with Gasteiger partial charge in [0.05, 0.1) is 29.6 Å². The molecule has 1 aromatic carbocycles. The van der Waals surface area contributed by atoms with Gasteiger partial charge in [-0.2, -0.15) is 0 Å². The maximum atomic E-state index is 13.0. The Kier molecular flexibility index (Phi) is 8.95. The first kappa shape index (κ1) is 24.3. The number of nitro benzene ring substituents is 1. The van der Waals surface area contributed by atoms with Crippen LogP contribution in [-0.2, 0) is 28.5 Å². The third kappa shape index (κ3) is 5.80. The number of carbonyl (C=O) groups is 2. The quantitative estimate of drug-likeness (QED) is 0.253. The predicted molar refractivity (Wildman–Crippen MR) is 110 cm³/mol. The molecule has 0 fully saturated rings. The average Bonchev–Trinajstić information content (AvgIpc) is 2.73. The molecule has 0 bridgehead atoms. The first-order valence-corrected chi connectivity index (χ1v) is 9.85. The normalized spacial score (nSPS) is 20.7. The number of esters is 2. The number of carbonyl (C=O) groups excluding carboxylic acids is 2. The molecule has 1 aliphatic heterocycles. The topological polar surface area (TPSA) is 126 Å². The van der Waals surface area contributed by atoms with Crippen LogP contribution in [0.15, 0.2) is 35.5 Å². The molecule has 0 saturated carbocycles. The van der Waals surface area contributed by atoms with Gasteiger partial charge in [-0.05, 0) is 13.8 Å². The van der Waals surface area contributed by atoms with Crippen molar-refractivity contribution < 1.29 is 33.5 Å². The highest BCUT2D eigenvalue weighted by Crippen LogP contribution is 2.43. The molecule has 0 aromatic heterocycles. The summed E-state index contributed by atoms with van der Waals surface area (Å²) in [6.45, 7) is 3.88. The fraction of sp³-hybridized carbons (Fsp3) is 0.524. The van der Waals surface area contributed by atoms with Gasteiger partial charge in [0.25, 0.3) is 5.69 Å². The van der Waals surface area contributed by atoms with E-state index in [2.05, 4.69) is 5.32 Å². The van der Waals surface area contributed by atoms with Crippen LogP contribution in [-0.4, -0.2) is 63.6 Å². The minimum atomic E-state index is -0.928. The summed E-state index contributed by atoms with van der Waals surface area (Å²) in [5, 5.41) is 14.8. The Bertz CT molecular complexity index is 838. The van der Waals surface area contributed by atoms with Crippen molar-refractivity contribution in [3.8, 4) is 0 Å². The van der Waals surface area contributed by atoms with E-state index in [4.69, 9.17) is 18.9 Å². The number of ether oxygens (including phenoxy) is 4. The van der Waals surface area contributed by atoms with Gasteiger partial charge in [-0.3, -0.25) is 14.9 Å². The molecule has 3 atom stereocenters. The Hall–Kier alpha value is -2.98. The van der Waals surface area contributed by atoms with E-state index in [0.29, 0.717) is 5.70 Å². The number of nitro groups is 1. The second-order valence-electron chi connectivity index (χ2n) is 7.08. The van der Waals surface area contributed by atoms with Crippen molar-refractivity contribution in [1.82, 2.24) is 5.32 Å². The minimum Gasteiger partial charge on any atom is -0.463 e. The molecule has 1 aliphatic rings. The minimum absolute atomic E-state index is 0.00816. The first-order valence-electron chi connectivity index (χ1n) is 9.85. The number of para-hydroxylation sites is 1. The van der Waals surface area contributed by atoms with Crippen LogP contribution in [0.5, 0.6) is 0 Å². The van der Waals surface area contributed by atoms with Crippen LogP contribution in [0.25, 0.3) is 0 Å². The van der Waals surface area contributed by atoms with Crippen molar-refractivity contribution >= 4 is 17.6 Å². The van der Waals surface area contributed by atoms with E-state index in [-0.39, 0.29) is 43.3 Å². The maximum absolute atomic E-state index is 13.0. The van der Waals surface area contributed by atoms with Gasteiger partial charge in [0.2, 0.25) is 0 Å². The summed E-state index contributed by atoms with van der Waals surface area (Å²) in [5.74, 6) is -3.09. The summed E-state index contributed by atoms with van der Waals surface area (Å²) in [4.78, 5) is 37.1. The molecule has 0 amide bonds. The zero-order valence-corrected chi connectivity index (χ0v) is 18.1. The Balaban J connectivity index is 2.56. The maximum Gasteiger partial charge on any atom is 0.336 e. The van der Waals surface area contributed by atoms with E-state index in [1.807, 2.05) is 0 Å². The van der Waals surface area contributed by atoms with Gasteiger partial charge in [-0.25, -0.2) is 4.79 Å². The van der Waals surface area contributed by atoms with Crippen molar-refractivity contribution in [2.75, 3.05) is 40.6 Å². The van der Waals surface area contributed by atoms with E-state index in [1.54, 1.807) is 26.0 Å². The van der Waals surface area contributed by atoms with Crippen molar-refractivity contribution in [3.63, 3.8) is 0 Å². The zero-order chi connectivity index (χ0) is 23.0. The number of nitrogens with one attached hydrogen (secondary N) is 1. The van der Waals surface area contributed by atoms with Gasteiger partial charge < -0.3 is 24.3 Å². The second kappa shape index (κ2) is 11.4. The van der Waals surface area contributed by atoms with Crippen LogP contribution < -0.4 is 5.32 Å². The van der Waals surface area contributed by atoms with E-state index < -0.39 is 34.7 Å². The highest BCUT2D eigenvalue weighted by Gasteiger charge is 2.46. The Labute approximate surface area is 180 Å². The largest absolute Gasteiger partial charge is 0.463 e. The third-order valence-corrected chi connectivity index (χ3v) is 5.07. The summed E-state index contributed by atoms with van der Waals surface area (Å²) in [5.41, 5.74) is 0.690. The monoisotopic (exact) mass is 436 g/mol. The van der Waals surface area contributed by atoms with Crippen molar-refractivity contribution in [3.05, 3.63) is 51.2 Å². The number of benzene rings is 1. The predicted octanol–water partition coefficient (Wildman–Crippen LogP) is 1.94. The summed E-state index contributed by atoms with van der Waals surface area (Å²) >= 11 is 0. The van der Waals surface area contributed by atoms with E-state index in [0.717, 1.165) is 0 Å². The molecular weight excluding hydrogens is 408 g/mol. The Morgan fingerprint density at radius 3 is 2.29 bits per heavy atom. The molecular formula is C21H28N2O8. The standard InChI is InChI=1S/C21H28N2O8/c1-13-17(20(24)30-11-9-28-3)19(15-7-5-6-8-16(15)23(26)27)18(14(2)22-13)21(25)31-12-10-29-4/h5-8,13,17,19,22H,9-12H2,1-4H3/t13-,17-,19+/m1/s1. The first-order chi connectivity index (χ1) is 14.8. The van der Waals surface area contributed by atoms with Crippen molar-refractivity contribution in [1.29, 1.82) is 0 Å². The molecule has 1 heterocycles. The molecule has 1 aromatic rings. The second-order valence-corrected chi connectivity index (χ2v) is 7.08. The average molecular weight is 436 g/mol. The molecule has 0 radical (unpaired) electrons. The van der Waals surface area contributed by atoms with Crippen LogP contribution >= 0.6 is 0 Å². The van der Waals surface area contributed by atoms with Crippen molar-refractivity contribution in [2.24, 2.45) is 5.92 Å². The van der Waals surface area contributed by atoms with Crippen molar-refractivity contribution in [2.45, 2.75) is 25.8 Å². The number of hydrogen-bond acceptors (Lipinski definition) is 9. The van der Waals surface area contributed by atoms with Gasteiger partial charge in [0.1, 0.15) is 13.2 Å². The molecule has 1 N–H and O–H groups in total. The Morgan fingerprint density at radius 1 is 1.06 bits per heavy atom. The molecule has 2 rings (SSSR count). The number of hydrogen-bond donors (Lipinski definition) is 1. The molecule has 10 nitrogen and oxygen atoms in total. The van der Waals surface area contributed by atoms with Gasteiger partial charge >= 0.3 is 11.9 Å². The van der Waals surface area contributed by atoms with Crippen LogP contribution in [0.2, 0.25) is 0 Å². The zero-order valence-electron chi connectivity index (χ0n) is 18.1. The molecule has 0 aliphatic carbocycles. The third-order valence-electron chi connectivity index (χ3n) is 5.07. The van der Waals surface area contributed by atoms with E-state index in [1.165, 1.54) is 26.4 Å². The van der Waals surface area contributed by atoms with Crippen LogP contribution in [0.1, 0.15) is 25.3 Å². The van der Waals surface area contributed by atoms with Crippen LogP contribution in [0.4, 0.5) is 5.69 Å². The van der Waals surface area contributed by atoms with Gasteiger partial charge in [-0.15, -0.1) is 0 Å². The lowest BCUT2D eigenvalue weighted by atomic mass is 9.73. The molecule has 0 saturated heterocycles. The highest BCUT2D eigenvalue weighted by atomic mass is 16.6. The number of rotatable bonds is 10. The Morgan fingerprint density at radius 2 is 1.68 bits per heavy atom. The van der Waals surface area contributed by atoms with E-state index >= 15 is 0 Å². The highest BCUT2D eigenvalue weighted by molar-refractivity contribution is 5.93. The van der Waals surface area contributed by atoms with Crippen LogP contribution in [0, 0.1) is 16.0 Å². The summed E-state index contributed by atoms with van der Waals surface area (Å²) in [6.07, 6.45) is 0. The van der Waals surface area contributed by atoms with Gasteiger partial charge in [0, 0.05) is 43.5 Å². The smallest absolute Gasteiger partial charge is 0.336 e. The molecule has 31 heavy (non-hydrogen) atoms. The van der Waals surface area contributed by atoms with Gasteiger partial charge in [-0.1, -0.05) is 18.2 Å². The lowest BCUT2D eigenvalue weighted by Gasteiger charge is -2.37. The molecule has 0 spiro atoms. The molecule has 0 unspecified atom stereocenters. The fourth-order valence-electron chi connectivity index (χ4n) is 3.71. The van der Waals surface area contributed by atoms with Crippen LogP contribution in [0.3, 0.4) is 0 Å². The van der Waals surface area contributed by atoms with E-state index in [9.17, 15) is 19.7 Å².